The van der Waals surface area contributed by atoms with Crippen LogP contribution in [0.25, 0.3) is 5.69 Å². The molecule has 0 saturated carbocycles. The first-order valence-electron chi connectivity index (χ1n) is 7.69. The molecule has 5 nitrogen and oxygen atoms in total. The molecule has 0 amide bonds. The Bertz CT molecular complexity index is 849. The summed E-state index contributed by atoms with van der Waals surface area (Å²) >= 11 is 2.93. The van der Waals surface area contributed by atoms with Crippen LogP contribution in [0.5, 0.6) is 0 Å². The average molecular weight is 358 g/mol. The van der Waals surface area contributed by atoms with Crippen LogP contribution in [0.15, 0.2) is 35.5 Å². The molecule has 0 unspecified atom stereocenters. The van der Waals surface area contributed by atoms with E-state index >= 15 is 0 Å². The Morgan fingerprint density at radius 3 is 2.62 bits per heavy atom. The van der Waals surface area contributed by atoms with Gasteiger partial charge in [-0.3, -0.25) is 4.79 Å². The van der Waals surface area contributed by atoms with Gasteiger partial charge < -0.3 is 0 Å². The van der Waals surface area contributed by atoms with Crippen molar-refractivity contribution in [1.29, 1.82) is 0 Å². The van der Waals surface area contributed by atoms with Crippen molar-refractivity contribution in [1.82, 2.24) is 20.2 Å². The number of carbonyl (C=O) groups excluding carboxylic acids is 1. The highest BCUT2D eigenvalue weighted by molar-refractivity contribution is 7.99. The summed E-state index contributed by atoms with van der Waals surface area (Å²) < 4.78 is 1.72. The van der Waals surface area contributed by atoms with E-state index in [2.05, 4.69) is 22.4 Å². The Morgan fingerprint density at radius 1 is 1.21 bits per heavy atom. The Morgan fingerprint density at radius 2 is 1.96 bits per heavy atom. The number of ketones is 1. The quantitative estimate of drug-likeness (QED) is 0.494. The Labute approximate surface area is 149 Å². The lowest BCUT2D eigenvalue weighted by atomic mass is 10.1. The minimum Gasteiger partial charge on any atom is -0.292 e. The maximum atomic E-state index is 12.4. The molecule has 124 valence electrons. The lowest BCUT2D eigenvalue weighted by Gasteiger charge is -2.10. The van der Waals surface area contributed by atoms with Crippen LogP contribution in [0.2, 0.25) is 0 Å². The first-order valence-corrected chi connectivity index (χ1v) is 9.50. The maximum Gasteiger partial charge on any atom is 0.214 e. The molecule has 1 aromatic carbocycles. The van der Waals surface area contributed by atoms with Crippen molar-refractivity contribution in [2.45, 2.75) is 32.3 Å². The van der Waals surface area contributed by atoms with E-state index in [1.165, 1.54) is 16.6 Å². The van der Waals surface area contributed by atoms with Crippen molar-refractivity contribution < 1.29 is 4.79 Å². The number of tetrazole rings is 1. The molecule has 0 spiro atoms. The van der Waals surface area contributed by atoms with Gasteiger partial charge in [-0.2, -0.15) is 4.68 Å². The summed E-state index contributed by atoms with van der Waals surface area (Å²) in [6.07, 6.45) is 0.954. The fourth-order valence-electron chi connectivity index (χ4n) is 2.47. The van der Waals surface area contributed by atoms with Gasteiger partial charge in [-0.05, 0) is 54.0 Å². The number of thiophene rings is 1. The van der Waals surface area contributed by atoms with E-state index in [9.17, 15) is 4.79 Å². The van der Waals surface area contributed by atoms with Gasteiger partial charge in [-0.1, -0.05) is 36.9 Å². The van der Waals surface area contributed by atoms with Crippen molar-refractivity contribution in [2.24, 2.45) is 0 Å². The van der Waals surface area contributed by atoms with Gasteiger partial charge in [-0.15, -0.1) is 16.4 Å². The number of aryl methyl sites for hydroxylation is 3. The SMILES string of the molecule is CCc1ccc(C(=O)CSc2nnnn2-c2c(C)cccc2C)s1. The first-order chi connectivity index (χ1) is 11.6. The summed E-state index contributed by atoms with van der Waals surface area (Å²) in [5.74, 6) is 0.440. The third kappa shape index (κ3) is 3.42. The van der Waals surface area contributed by atoms with Gasteiger partial charge in [0.25, 0.3) is 0 Å². The minimum atomic E-state index is 0.112. The minimum absolute atomic E-state index is 0.112. The first kappa shape index (κ1) is 16.9. The molecule has 3 rings (SSSR count). The molecule has 0 atom stereocenters. The zero-order valence-electron chi connectivity index (χ0n) is 13.8. The van der Waals surface area contributed by atoms with Crippen molar-refractivity contribution in [2.75, 3.05) is 5.75 Å². The zero-order valence-corrected chi connectivity index (χ0v) is 15.4. The van der Waals surface area contributed by atoms with Crippen LogP contribution in [0.3, 0.4) is 0 Å². The Balaban J connectivity index is 1.78. The number of hydrogen-bond acceptors (Lipinski definition) is 6. The topological polar surface area (TPSA) is 60.7 Å². The highest BCUT2D eigenvalue weighted by Crippen LogP contribution is 2.25. The Hall–Kier alpha value is -1.99. The number of nitrogens with zero attached hydrogens (tertiary/aromatic N) is 4. The molecule has 0 N–H and O–H groups in total. The molecular weight excluding hydrogens is 340 g/mol. The average Bonchev–Trinajstić information content (AvgIpc) is 3.22. The summed E-state index contributed by atoms with van der Waals surface area (Å²) in [5.41, 5.74) is 3.17. The van der Waals surface area contributed by atoms with Gasteiger partial charge in [0, 0.05) is 4.88 Å². The van der Waals surface area contributed by atoms with E-state index in [0.29, 0.717) is 10.9 Å². The van der Waals surface area contributed by atoms with E-state index in [1.54, 1.807) is 16.0 Å². The molecule has 0 saturated heterocycles. The molecule has 0 aliphatic rings. The van der Waals surface area contributed by atoms with Gasteiger partial charge in [-0.25, -0.2) is 0 Å². The number of Topliss-reactive ketones (excluding diaryl/α,β-unsaturated/α-hetero) is 1. The smallest absolute Gasteiger partial charge is 0.214 e. The summed E-state index contributed by atoms with van der Waals surface area (Å²) in [5, 5.41) is 12.6. The van der Waals surface area contributed by atoms with Crippen molar-refractivity contribution in [3.8, 4) is 5.69 Å². The van der Waals surface area contributed by atoms with E-state index in [4.69, 9.17) is 0 Å². The van der Waals surface area contributed by atoms with Crippen molar-refractivity contribution in [3.63, 3.8) is 0 Å². The van der Waals surface area contributed by atoms with Gasteiger partial charge in [0.1, 0.15) is 0 Å². The summed E-state index contributed by atoms with van der Waals surface area (Å²) in [4.78, 5) is 14.4. The lowest BCUT2D eigenvalue weighted by molar-refractivity contribution is 0.102. The fourth-order valence-corrected chi connectivity index (χ4v) is 4.20. The molecule has 3 aromatic rings. The van der Waals surface area contributed by atoms with Crippen LogP contribution < -0.4 is 0 Å². The second kappa shape index (κ2) is 7.27. The molecule has 2 heterocycles. The van der Waals surface area contributed by atoms with Crippen LogP contribution in [0.4, 0.5) is 0 Å². The van der Waals surface area contributed by atoms with Crippen LogP contribution in [-0.2, 0) is 6.42 Å². The maximum absolute atomic E-state index is 12.4. The van der Waals surface area contributed by atoms with Crippen LogP contribution in [0.1, 0.15) is 32.6 Å². The summed E-state index contributed by atoms with van der Waals surface area (Å²) in [6, 6.07) is 9.99. The molecule has 7 heteroatoms. The lowest BCUT2D eigenvalue weighted by Crippen LogP contribution is -2.06. The van der Waals surface area contributed by atoms with Crippen molar-refractivity contribution >= 4 is 28.9 Å². The molecule has 0 aliphatic carbocycles. The third-order valence-corrected chi connectivity index (χ3v) is 5.90. The number of rotatable bonds is 6. The summed E-state index contributed by atoms with van der Waals surface area (Å²) in [6.45, 7) is 6.15. The monoisotopic (exact) mass is 358 g/mol. The van der Waals surface area contributed by atoms with E-state index in [1.807, 2.05) is 44.2 Å². The van der Waals surface area contributed by atoms with Gasteiger partial charge in [0.2, 0.25) is 5.16 Å². The number of benzene rings is 1. The highest BCUT2D eigenvalue weighted by atomic mass is 32.2. The summed E-state index contributed by atoms with van der Waals surface area (Å²) in [7, 11) is 0. The number of carbonyl (C=O) groups is 1. The van der Waals surface area contributed by atoms with E-state index < -0.39 is 0 Å². The highest BCUT2D eigenvalue weighted by Gasteiger charge is 2.16. The molecule has 0 radical (unpaired) electrons. The van der Waals surface area contributed by atoms with Gasteiger partial charge >= 0.3 is 0 Å². The fraction of sp³-hybridized carbons (Fsp3) is 0.294. The number of thioether (sulfide) groups is 1. The van der Waals surface area contributed by atoms with Crippen LogP contribution in [-0.4, -0.2) is 31.7 Å². The number of para-hydroxylation sites is 1. The van der Waals surface area contributed by atoms with E-state index in [-0.39, 0.29) is 5.78 Å². The Kier molecular flexibility index (Phi) is 5.11. The molecular formula is C17H18N4OS2. The standard InChI is InChI=1S/C17H18N4OS2/c1-4-13-8-9-15(24-13)14(22)10-23-17-18-19-20-21(17)16-11(2)6-5-7-12(16)3/h5-9H,4,10H2,1-3H3. The van der Waals surface area contributed by atoms with E-state index in [0.717, 1.165) is 28.1 Å². The number of hydrogen-bond donors (Lipinski definition) is 0. The predicted octanol–water partition coefficient (Wildman–Crippen LogP) is 3.88. The van der Waals surface area contributed by atoms with Gasteiger partial charge in [0.05, 0.1) is 16.3 Å². The predicted molar refractivity (Wildman–Crippen MR) is 97.4 cm³/mol. The molecule has 0 bridgehead atoms. The molecule has 0 fully saturated rings. The second-order valence-electron chi connectivity index (χ2n) is 5.45. The van der Waals surface area contributed by atoms with Crippen LogP contribution in [0, 0.1) is 13.8 Å². The van der Waals surface area contributed by atoms with Crippen LogP contribution >= 0.6 is 23.1 Å². The number of aromatic nitrogens is 4. The third-order valence-electron chi connectivity index (χ3n) is 3.71. The van der Waals surface area contributed by atoms with Crippen molar-refractivity contribution in [3.05, 3.63) is 51.2 Å². The van der Waals surface area contributed by atoms with Gasteiger partial charge in [0.15, 0.2) is 5.78 Å². The molecule has 2 aromatic heterocycles. The normalized spacial score (nSPS) is 11.0. The zero-order chi connectivity index (χ0) is 17.1. The molecule has 24 heavy (non-hydrogen) atoms. The largest absolute Gasteiger partial charge is 0.292 e. The second-order valence-corrected chi connectivity index (χ2v) is 7.56. The molecule has 0 aliphatic heterocycles.